The van der Waals surface area contributed by atoms with Gasteiger partial charge in [-0.05, 0) is 18.4 Å². The second-order valence-electron chi connectivity index (χ2n) is 3.73. The van der Waals surface area contributed by atoms with Gasteiger partial charge in [0.25, 0.3) is 0 Å². The number of benzene rings is 1. The Balaban J connectivity index is 2.01. The summed E-state index contributed by atoms with van der Waals surface area (Å²) < 4.78 is 27.9. The van der Waals surface area contributed by atoms with Crippen LogP contribution in [0.3, 0.4) is 0 Å². The van der Waals surface area contributed by atoms with E-state index in [0.717, 1.165) is 5.56 Å². The Bertz CT molecular complexity index is 398. The fourth-order valence-electron chi connectivity index (χ4n) is 1.32. The molecule has 0 bridgehead atoms. The maximum atomic E-state index is 11.3. The minimum absolute atomic E-state index is 0.184. The Morgan fingerprint density at radius 3 is 2.68 bits per heavy atom. The van der Waals surface area contributed by atoms with Crippen molar-refractivity contribution in [1.82, 2.24) is 5.32 Å². The van der Waals surface area contributed by atoms with Crippen LogP contribution in [-0.2, 0) is 26.9 Å². The normalized spacial score (nSPS) is 11.8. The molecule has 0 fully saturated rings. The summed E-state index contributed by atoms with van der Waals surface area (Å²) in [7, 11) is 0. The summed E-state index contributed by atoms with van der Waals surface area (Å²) in [6.45, 7) is 0.859. The van der Waals surface area contributed by atoms with Crippen LogP contribution in [0.25, 0.3) is 0 Å². The van der Waals surface area contributed by atoms with E-state index in [1.54, 1.807) is 0 Å². The molecule has 6 nitrogen and oxygen atoms in total. The van der Waals surface area contributed by atoms with E-state index in [9.17, 15) is 9.00 Å². The van der Waals surface area contributed by atoms with Crippen molar-refractivity contribution < 1.29 is 22.5 Å². The van der Waals surface area contributed by atoms with E-state index in [2.05, 4.69) is 9.50 Å². The summed E-state index contributed by atoms with van der Waals surface area (Å²) in [5, 5.41) is 2.59. The molecular weight excluding hydrogens is 270 g/mol. The predicted molar refractivity (Wildman–Crippen MR) is 70.6 cm³/mol. The number of unbranched alkanes of at least 4 members (excludes halogenated alkanes) is 1. The molecule has 0 saturated heterocycles. The molecule has 0 radical (unpaired) electrons. The van der Waals surface area contributed by atoms with E-state index < -0.39 is 17.5 Å². The molecule has 0 saturated carbocycles. The SMILES string of the molecule is O=C(NCCCCOS(=O)O)OCc1ccccc1. The van der Waals surface area contributed by atoms with Crippen molar-refractivity contribution in [3.05, 3.63) is 35.9 Å². The molecule has 19 heavy (non-hydrogen) atoms. The van der Waals surface area contributed by atoms with Crippen molar-refractivity contribution in [2.24, 2.45) is 0 Å². The summed E-state index contributed by atoms with van der Waals surface area (Å²) >= 11 is -2.22. The Morgan fingerprint density at radius 2 is 2.00 bits per heavy atom. The van der Waals surface area contributed by atoms with Gasteiger partial charge in [0.15, 0.2) is 0 Å². The zero-order valence-corrected chi connectivity index (χ0v) is 11.2. The highest BCUT2D eigenvalue weighted by Crippen LogP contribution is 2.00. The quantitative estimate of drug-likeness (QED) is 0.563. The van der Waals surface area contributed by atoms with Gasteiger partial charge in [-0.3, -0.25) is 8.74 Å². The van der Waals surface area contributed by atoms with Gasteiger partial charge in [-0.15, -0.1) is 0 Å². The van der Waals surface area contributed by atoms with Crippen LogP contribution in [0.2, 0.25) is 0 Å². The molecule has 0 aliphatic heterocycles. The third-order valence-electron chi connectivity index (χ3n) is 2.24. The van der Waals surface area contributed by atoms with Crippen LogP contribution in [0.5, 0.6) is 0 Å². The van der Waals surface area contributed by atoms with Crippen LogP contribution in [0.1, 0.15) is 18.4 Å². The molecule has 0 aromatic heterocycles. The molecule has 0 heterocycles. The Hall–Kier alpha value is -1.44. The number of rotatable bonds is 8. The van der Waals surface area contributed by atoms with Gasteiger partial charge >= 0.3 is 17.5 Å². The smallest absolute Gasteiger partial charge is 0.407 e. The van der Waals surface area contributed by atoms with Gasteiger partial charge in [0.1, 0.15) is 6.61 Å². The number of nitrogens with one attached hydrogen (secondary N) is 1. The average Bonchev–Trinajstić information content (AvgIpc) is 2.41. The second kappa shape index (κ2) is 9.48. The minimum atomic E-state index is -2.22. The molecule has 1 aromatic carbocycles. The molecule has 1 rings (SSSR count). The maximum Gasteiger partial charge on any atom is 0.407 e. The third-order valence-corrected chi connectivity index (χ3v) is 2.61. The highest BCUT2D eigenvalue weighted by atomic mass is 32.2. The lowest BCUT2D eigenvalue weighted by molar-refractivity contribution is 0.139. The average molecular weight is 287 g/mol. The maximum absolute atomic E-state index is 11.3. The summed E-state index contributed by atoms with van der Waals surface area (Å²) in [6.07, 6.45) is 0.763. The zero-order valence-electron chi connectivity index (χ0n) is 10.4. The first-order chi connectivity index (χ1) is 9.18. The van der Waals surface area contributed by atoms with Crippen molar-refractivity contribution in [2.75, 3.05) is 13.2 Å². The van der Waals surface area contributed by atoms with Gasteiger partial charge in [0.05, 0.1) is 6.61 Å². The second-order valence-corrected chi connectivity index (χ2v) is 4.40. The van der Waals surface area contributed by atoms with Gasteiger partial charge in [0.2, 0.25) is 0 Å². The zero-order chi connectivity index (χ0) is 13.9. The van der Waals surface area contributed by atoms with Crippen molar-refractivity contribution in [1.29, 1.82) is 0 Å². The number of ether oxygens (including phenoxy) is 1. The molecule has 1 aromatic rings. The van der Waals surface area contributed by atoms with Gasteiger partial charge in [-0.25, -0.2) is 4.79 Å². The monoisotopic (exact) mass is 287 g/mol. The standard InChI is InChI=1S/C12H17NO5S/c14-12(13-8-4-5-9-18-19(15)16)17-10-11-6-2-1-3-7-11/h1-3,6-7H,4-5,8-10H2,(H,13,14)(H,15,16). The highest BCUT2D eigenvalue weighted by Gasteiger charge is 2.01. The van der Waals surface area contributed by atoms with Crippen LogP contribution in [0.4, 0.5) is 4.79 Å². The molecule has 7 heteroatoms. The van der Waals surface area contributed by atoms with Crippen LogP contribution < -0.4 is 5.32 Å². The lowest BCUT2D eigenvalue weighted by Crippen LogP contribution is -2.25. The molecule has 0 spiro atoms. The molecule has 1 unspecified atom stereocenters. The molecule has 1 amide bonds. The van der Waals surface area contributed by atoms with Gasteiger partial charge < -0.3 is 10.1 Å². The van der Waals surface area contributed by atoms with Gasteiger partial charge in [-0.1, -0.05) is 30.3 Å². The van der Waals surface area contributed by atoms with Crippen molar-refractivity contribution >= 4 is 17.5 Å². The number of alkyl carbamates (subject to hydrolysis) is 1. The number of hydrogen-bond donors (Lipinski definition) is 2. The lowest BCUT2D eigenvalue weighted by Gasteiger charge is -2.06. The van der Waals surface area contributed by atoms with E-state index in [-0.39, 0.29) is 13.2 Å². The summed E-state index contributed by atoms with van der Waals surface area (Å²) in [4.78, 5) is 11.3. The summed E-state index contributed by atoms with van der Waals surface area (Å²) in [6, 6.07) is 9.40. The summed E-state index contributed by atoms with van der Waals surface area (Å²) in [5.41, 5.74) is 0.927. The van der Waals surface area contributed by atoms with Gasteiger partial charge in [-0.2, -0.15) is 4.21 Å². The number of amides is 1. The first kappa shape index (κ1) is 15.6. The first-order valence-corrected chi connectivity index (χ1v) is 6.90. The summed E-state index contributed by atoms with van der Waals surface area (Å²) in [5.74, 6) is 0. The van der Waals surface area contributed by atoms with E-state index in [1.807, 2.05) is 30.3 Å². The fourth-order valence-corrected chi connectivity index (χ4v) is 1.58. The highest BCUT2D eigenvalue weighted by molar-refractivity contribution is 7.74. The fraction of sp³-hybridized carbons (Fsp3) is 0.417. The molecule has 1 atom stereocenters. The molecule has 0 aliphatic rings. The van der Waals surface area contributed by atoms with Crippen LogP contribution in [0, 0.1) is 0 Å². The first-order valence-electron chi connectivity index (χ1n) is 5.87. The largest absolute Gasteiger partial charge is 0.445 e. The van der Waals surface area contributed by atoms with E-state index in [1.165, 1.54) is 0 Å². The van der Waals surface area contributed by atoms with E-state index >= 15 is 0 Å². The predicted octanol–water partition coefficient (Wildman–Crippen LogP) is 1.85. The minimum Gasteiger partial charge on any atom is -0.445 e. The third kappa shape index (κ3) is 8.30. The molecule has 106 valence electrons. The Labute approximate surface area is 114 Å². The van der Waals surface area contributed by atoms with Crippen LogP contribution >= 0.6 is 0 Å². The Kier molecular flexibility index (Phi) is 7.80. The number of carbonyl (C=O) groups is 1. The molecule has 0 aliphatic carbocycles. The van der Waals surface area contributed by atoms with Crippen molar-refractivity contribution in [3.8, 4) is 0 Å². The molecule has 2 N–H and O–H groups in total. The molecular formula is C12H17NO5S. The van der Waals surface area contributed by atoms with Gasteiger partial charge in [0, 0.05) is 6.54 Å². The van der Waals surface area contributed by atoms with Crippen molar-refractivity contribution in [3.63, 3.8) is 0 Å². The Morgan fingerprint density at radius 1 is 1.26 bits per heavy atom. The number of carbonyl (C=O) groups excluding carboxylic acids is 1. The van der Waals surface area contributed by atoms with E-state index in [4.69, 9.17) is 9.29 Å². The topological polar surface area (TPSA) is 84.9 Å². The van der Waals surface area contributed by atoms with E-state index in [0.29, 0.717) is 19.4 Å². The number of hydrogen-bond acceptors (Lipinski definition) is 4. The lowest BCUT2D eigenvalue weighted by atomic mass is 10.2. The van der Waals surface area contributed by atoms with Crippen LogP contribution in [0.15, 0.2) is 30.3 Å². The van der Waals surface area contributed by atoms with Crippen molar-refractivity contribution in [2.45, 2.75) is 19.4 Å². The van der Waals surface area contributed by atoms with Crippen LogP contribution in [-0.4, -0.2) is 28.0 Å².